The monoisotopic (exact) mass is 542 g/mol. The maximum Gasteiger partial charge on any atom is -0.00992 e. The van der Waals surface area contributed by atoms with Gasteiger partial charge in [-0.2, -0.15) is 9.90 Å². The van der Waals surface area contributed by atoms with Crippen LogP contribution in [0.5, 0.6) is 0 Å². The molecule has 0 saturated carbocycles. The number of rotatable bonds is 2. The summed E-state index contributed by atoms with van der Waals surface area (Å²) in [5.41, 5.74) is 5.22. The van der Waals surface area contributed by atoms with Gasteiger partial charge in [0.25, 0.3) is 0 Å². The highest BCUT2D eigenvalue weighted by molar-refractivity contribution is 6.92. The van der Waals surface area contributed by atoms with Gasteiger partial charge in [-0.3, -0.25) is 0 Å². The highest BCUT2D eigenvalue weighted by atomic mass is 31.0. The Morgan fingerprint density at radius 3 is 0.634 bits per heavy atom. The molecule has 0 aromatic heterocycles. The van der Waals surface area contributed by atoms with Gasteiger partial charge in [-0.15, -0.1) is 0 Å². The minimum absolute atomic E-state index is 0. The Morgan fingerprint density at radius 1 is 0.195 bits per heavy atom. The van der Waals surface area contributed by atoms with Crippen molar-refractivity contribution in [2.75, 3.05) is 0 Å². The maximum absolute atomic E-state index is 2.21. The van der Waals surface area contributed by atoms with E-state index in [0.717, 1.165) is 0 Å². The fourth-order valence-electron chi connectivity index (χ4n) is 5.84. The smallest absolute Gasteiger partial charge is 0.00992 e. The lowest BCUT2D eigenvalue weighted by Gasteiger charge is -2.10. The molecule has 8 aromatic rings. The molecule has 1 heteroatoms. The lowest BCUT2D eigenvalue weighted by molar-refractivity contribution is 1.68. The van der Waals surface area contributed by atoms with Gasteiger partial charge in [-0.25, -0.2) is 0 Å². The first-order valence-electron chi connectivity index (χ1n) is 13.8. The Balaban J connectivity index is 0.000000144. The van der Waals surface area contributed by atoms with E-state index < -0.39 is 0 Å². The third-order valence-electron chi connectivity index (χ3n) is 7.74. The summed E-state index contributed by atoms with van der Waals surface area (Å²) < 4.78 is 0. The normalized spacial score (nSPS) is 10.7. The minimum atomic E-state index is 0. The second-order valence-corrected chi connectivity index (χ2v) is 10.1. The van der Waals surface area contributed by atoms with Crippen molar-refractivity contribution in [3.05, 3.63) is 170 Å². The van der Waals surface area contributed by atoms with Crippen LogP contribution in [0.1, 0.15) is 0 Å². The SMILES string of the molecule is P.c1ccc2c(-c3cccc4ccccc34)cccc2c1.c1ccc2c(-c3cccc4ccccc34)cccc2c1. The van der Waals surface area contributed by atoms with Crippen molar-refractivity contribution in [3.8, 4) is 22.3 Å². The third kappa shape index (κ3) is 5.11. The van der Waals surface area contributed by atoms with E-state index in [1.807, 2.05) is 0 Å². The molecule has 0 aliphatic carbocycles. The van der Waals surface area contributed by atoms with Crippen LogP contribution >= 0.6 is 9.90 Å². The largest absolute Gasteiger partial charge is 0.153 e. The van der Waals surface area contributed by atoms with Crippen molar-refractivity contribution in [1.29, 1.82) is 0 Å². The summed E-state index contributed by atoms with van der Waals surface area (Å²) in [6.07, 6.45) is 0. The van der Waals surface area contributed by atoms with Crippen LogP contribution in [0, 0.1) is 0 Å². The van der Waals surface area contributed by atoms with Gasteiger partial charge in [0.1, 0.15) is 0 Å². The molecule has 0 aliphatic rings. The predicted octanol–water partition coefficient (Wildman–Crippen LogP) is 11.4. The molecule has 41 heavy (non-hydrogen) atoms. The first-order valence-corrected chi connectivity index (χ1v) is 13.8. The fourth-order valence-corrected chi connectivity index (χ4v) is 5.84. The second kappa shape index (κ2) is 11.8. The van der Waals surface area contributed by atoms with Crippen LogP contribution in [0.4, 0.5) is 0 Å². The van der Waals surface area contributed by atoms with Crippen molar-refractivity contribution in [2.45, 2.75) is 0 Å². The summed E-state index contributed by atoms with van der Waals surface area (Å²) in [6.45, 7) is 0. The summed E-state index contributed by atoms with van der Waals surface area (Å²) >= 11 is 0. The van der Waals surface area contributed by atoms with Crippen LogP contribution in [0.3, 0.4) is 0 Å². The first kappa shape index (κ1) is 26.5. The highest BCUT2D eigenvalue weighted by Crippen LogP contribution is 2.35. The number of hydrogen-bond acceptors (Lipinski definition) is 0. The van der Waals surface area contributed by atoms with Gasteiger partial charge < -0.3 is 0 Å². The fraction of sp³-hybridized carbons (Fsp3) is 0. The van der Waals surface area contributed by atoms with Crippen LogP contribution in [-0.2, 0) is 0 Å². The molecule has 0 saturated heterocycles. The van der Waals surface area contributed by atoms with Gasteiger partial charge >= 0.3 is 0 Å². The van der Waals surface area contributed by atoms with Crippen LogP contribution in [0.15, 0.2) is 170 Å². The first-order chi connectivity index (χ1) is 19.9. The molecular weight excluding hydrogens is 511 g/mol. The van der Waals surface area contributed by atoms with Crippen LogP contribution in [0.25, 0.3) is 65.3 Å². The molecule has 0 bridgehead atoms. The Morgan fingerprint density at radius 2 is 0.390 bits per heavy atom. The number of hydrogen-bond donors (Lipinski definition) is 0. The van der Waals surface area contributed by atoms with Gasteiger partial charge in [0.15, 0.2) is 0 Å². The number of fused-ring (bicyclic) bond motifs is 4. The van der Waals surface area contributed by atoms with Crippen molar-refractivity contribution in [3.63, 3.8) is 0 Å². The minimum Gasteiger partial charge on any atom is -0.153 e. The molecule has 0 radical (unpaired) electrons. The molecule has 1 unspecified atom stereocenters. The van der Waals surface area contributed by atoms with E-state index in [-0.39, 0.29) is 9.90 Å². The molecule has 0 heterocycles. The number of benzene rings is 8. The third-order valence-corrected chi connectivity index (χ3v) is 7.74. The maximum atomic E-state index is 2.21. The zero-order valence-corrected chi connectivity index (χ0v) is 24.3. The molecule has 8 rings (SSSR count). The Labute approximate surface area is 244 Å². The highest BCUT2D eigenvalue weighted by Gasteiger charge is 2.08. The quantitative estimate of drug-likeness (QED) is 0.191. The van der Waals surface area contributed by atoms with Gasteiger partial charge in [0, 0.05) is 0 Å². The van der Waals surface area contributed by atoms with Gasteiger partial charge in [-0.05, 0) is 65.3 Å². The molecule has 0 nitrogen and oxygen atoms in total. The van der Waals surface area contributed by atoms with E-state index in [1.165, 1.54) is 65.3 Å². The average molecular weight is 543 g/mol. The standard InChI is InChI=1S/2C20H14.H3P/c2*1-3-11-17-15(7-1)9-5-13-19(17)20-14-6-10-16-8-2-4-12-18(16)20;/h2*1-14H;1H3. The summed E-state index contributed by atoms with van der Waals surface area (Å²) in [5.74, 6) is 0. The molecule has 0 spiro atoms. The summed E-state index contributed by atoms with van der Waals surface area (Å²) in [7, 11) is 0. The molecule has 0 aliphatic heterocycles. The van der Waals surface area contributed by atoms with Crippen molar-refractivity contribution >= 4 is 53.0 Å². The Bertz CT molecular complexity index is 1790. The zero-order valence-electron chi connectivity index (χ0n) is 22.9. The van der Waals surface area contributed by atoms with Crippen molar-refractivity contribution in [1.82, 2.24) is 0 Å². The summed E-state index contributed by atoms with van der Waals surface area (Å²) in [4.78, 5) is 0. The average Bonchev–Trinajstić information content (AvgIpc) is 3.04. The predicted molar refractivity (Wildman–Crippen MR) is 185 cm³/mol. The lowest BCUT2D eigenvalue weighted by Crippen LogP contribution is -1.83. The van der Waals surface area contributed by atoms with Crippen molar-refractivity contribution in [2.24, 2.45) is 0 Å². The summed E-state index contributed by atoms with van der Waals surface area (Å²) in [6, 6.07) is 60.4. The molecular formula is C40H31P. The van der Waals surface area contributed by atoms with Gasteiger partial charge in [0.05, 0.1) is 0 Å². The van der Waals surface area contributed by atoms with E-state index in [9.17, 15) is 0 Å². The molecule has 1 atom stereocenters. The van der Waals surface area contributed by atoms with E-state index >= 15 is 0 Å². The summed E-state index contributed by atoms with van der Waals surface area (Å²) in [5, 5.41) is 10.4. The zero-order chi connectivity index (χ0) is 26.7. The van der Waals surface area contributed by atoms with Crippen molar-refractivity contribution < 1.29 is 0 Å². The van der Waals surface area contributed by atoms with Crippen LogP contribution in [0.2, 0.25) is 0 Å². The Kier molecular flexibility index (Phi) is 7.59. The van der Waals surface area contributed by atoms with Crippen LogP contribution < -0.4 is 0 Å². The Hall–Kier alpha value is -4.77. The molecule has 8 aromatic carbocycles. The molecule has 0 amide bonds. The van der Waals surface area contributed by atoms with E-state index in [0.29, 0.717) is 0 Å². The molecule has 0 fully saturated rings. The van der Waals surface area contributed by atoms with E-state index in [1.54, 1.807) is 0 Å². The van der Waals surface area contributed by atoms with E-state index in [2.05, 4.69) is 170 Å². The second-order valence-electron chi connectivity index (χ2n) is 10.1. The topological polar surface area (TPSA) is 0 Å². The lowest BCUT2D eigenvalue weighted by atomic mass is 9.94. The molecule has 196 valence electrons. The molecule has 0 N–H and O–H groups in total. The van der Waals surface area contributed by atoms with Crippen LogP contribution in [-0.4, -0.2) is 0 Å². The van der Waals surface area contributed by atoms with E-state index in [4.69, 9.17) is 0 Å². The van der Waals surface area contributed by atoms with Gasteiger partial charge in [0.2, 0.25) is 0 Å². The van der Waals surface area contributed by atoms with Gasteiger partial charge in [-0.1, -0.05) is 170 Å².